The smallest absolute Gasteiger partial charge is 0.416 e. The van der Waals surface area contributed by atoms with Gasteiger partial charge < -0.3 is 9.64 Å². The Bertz CT molecular complexity index is 1580. The summed E-state index contributed by atoms with van der Waals surface area (Å²) in [5.74, 6) is 6.41. The van der Waals surface area contributed by atoms with Crippen molar-refractivity contribution in [2.75, 3.05) is 6.54 Å². The number of imidazole rings is 1. The molecule has 1 aliphatic heterocycles. The van der Waals surface area contributed by atoms with E-state index in [2.05, 4.69) is 16.8 Å². The number of rotatable bonds is 5. The summed E-state index contributed by atoms with van der Waals surface area (Å²) >= 11 is 0. The summed E-state index contributed by atoms with van der Waals surface area (Å²) in [5, 5.41) is 0. The van der Waals surface area contributed by atoms with E-state index in [1.807, 2.05) is 35.7 Å². The van der Waals surface area contributed by atoms with Gasteiger partial charge in [0, 0.05) is 24.5 Å². The highest BCUT2D eigenvalue weighted by Crippen LogP contribution is 2.36. The van der Waals surface area contributed by atoms with Crippen LogP contribution in [0.3, 0.4) is 0 Å². The minimum Gasteiger partial charge on any atom is -0.489 e. The molecular weight excluding hydrogens is 505 g/mol. The lowest BCUT2D eigenvalue weighted by Crippen LogP contribution is -2.38. The van der Waals surface area contributed by atoms with Crippen LogP contribution in [0.15, 0.2) is 60.9 Å². The van der Waals surface area contributed by atoms with E-state index in [1.54, 1.807) is 30.2 Å². The zero-order valence-corrected chi connectivity index (χ0v) is 21.6. The number of halogens is 3. The number of piperidine rings is 1. The average Bonchev–Trinajstić information content (AvgIpc) is 3.33. The molecule has 1 amide bonds. The highest BCUT2D eigenvalue weighted by Gasteiger charge is 2.32. The van der Waals surface area contributed by atoms with E-state index in [1.165, 1.54) is 6.07 Å². The molecule has 2 aromatic heterocycles. The predicted octanol–water partition coefficient (Wildman–Crippen LogP) is 6.38. The van der Waals surface area contributed by atoms with Crippen LogP contribution in [0.4, 0.5) is 13.2 Å². The van der Waals surface area contributed by atoms with Crippen molar-refractivity contribution >= 4 is 11.4 Å². The third-order valence-electron chi connectivity index (χ3n) is 6.83. The van der Waals surface area contributed by atoms with E-state index in [-0.39, 0.29) is 18.6 Å². The number of amides is 1. The van der Waals surface area contributed by atoms with Crippen LogP contribution in [0.5, 0.6) is 5.75 Å². The molecule has 0 bridgehead atoms. The first-order valence-corrected chi connectivity index (χ1v) is 12.7. The first kappa shape index (κ1) is 26.3. The number of aromatic nitrogens is 3. The minimum absolute atomic E-state index is 0.0131. The second-order valence-corrected chi connectivity index (χ2v) is 9.45. The molecule has 0 aliphatic carbocycles. The standard InChI is InChI=1S/C30H27F3N4O2/c1-3-8-26(38)36-15-5-4-13-25(36)29-35-27(28-20(2)34-14-16-37(28)29)22-10-7-12-24(18-22)39-19-21-9-6-11-23(17-21)30(31,32)33/h6-7,9-12,14,16-18,25H,4-5,13,15,19H2,1-2H3/t25-/m0/s1. The largest absolute Gasteiger partial charge is 0.489 e. The molecule has 5 rings (SSSR count). The molecule has 1 atom stereocenters. The average molecular weight is 533 g/mol. The van der Waals surface area contributed by atoms with E-state index in [0.29, 0.717) is 23.6 Å². The molecule has 6 nitrogen and oxygen atoms in total. The van der Waals surface area contributed by atoms with E-state index in [0.717, 1.165) is 54.0 Å². The van der Waals surface area contributed by atoms with Crippen molar-refractivity contribution in [1.29, 1.82) is 0 Å². The highest BCUT2D eigenvalue weighted by molar-refractivity contribution is 5.93. The first-order valence-electron chi connectivity index (χ1n) is 12.7. The molecule has 1 saturated heterocycles. The van der Waals surface area contributed by atoms with Gasteiger partial charge in [-0.2, -0.15) is 13.2 Å². The van der Waals surface area contributed by atoms with Crippen LogP contribution in [0.1, 0.15) is 54.9 Å². The number of benzene rings is 2. The molecule has 4 aromatic rings. The molecule has 3 heterocycles. The molecule has 2 aromatic carbocycles. The topological polar surface area (TPSA) is 59.7 Å². The van der Waals surface area contributed by atoms with Crippen molar-refractivity contribution < 1.29 is 22.7 Å². The maximum atomic E-state index is 13.1. The van der Waals surface area contributed by atoms with E-state index in [9.17, 15) is 18.0 Å². The Kier molecular flexibility index (Phi) is 7.29. The lowest BCUT2D eigenvalue weighted by atomic mass is 10.0. The first-order chi connectivity index (χ1) is 18.8. The lowest BCUT2D eigenvalue weighted by molar-refractivity contribution is -0.137. The Morgan fingerprint density at radius 2 is 1.97 bits per heavy atom. The van der Waals surface area contributed by atoms with Gasteiger partial charge >= 0.3 is 6.18 Å². The Morgan fingerprint density at radius 1 is 1.15 bits per heavy atom. The van der Waals surface area contributed by atoms with Gasteiger partial charge in [-0.3, -0.25) is 14.2 Å². The molecular formula is C30H27F3N4O2. The second kappa shape index (κ2) is 10.8. The second-order valence-electron chi connectivity index (χ2n) is 9.45. The van der Waals surface area contributed by atoms with Crippen LogP contribution in [-0.2, 0) is 17.6 Å². The van der Waals surface area contributed by atoms with Gasteiger partial charge in [0.15, 0.2) is 0 Å². The lowest BCUT2D eigenvalue weighted by Gasteiger charge is -2.33. The van der Waals surface area contributed by atoms with Gasteiger partial charge in [-0.05, 0) is 68.9 Å². The van der Waals surface area contributed by atoms with Crippen LogP contribution in [0.25, 0.3) is 16.8 Å². The zero-order chi connectivity index (χ0) is 27.6. The molecule has 0 N–H and O–H groups in total. The number of fused-ring (bicyclic) bond motifs is 1. The summed E-state index contributed by atoms with van der Waals surface area (Å²) < 4.78 is 47.1. The quantitative estimate of drug-likeness (QED) is 0.280. The summed E-state index contributed by atoms with van der Waals surface area (Å²) in [5.41, 5.74) is 2.78. The summed E-state index contributed by atoms with van der Waals surface area (Å²) in [7, 11) is 0. The summed E-state index contributed by atoms with van der Waals surface area (Å²) in [6, 6.07) is 12.2. The maximum Gasteiger partial charge on any atom is 0.416 e. The number of ether oxygens (including phenoxy) is 1. The maximum absolute atomic E-state index is 13.1. The SMILES string of the molecule is CC#CC(=O)N1CCCC[C@H]1c1nc(-c2cccc(OCc3cccc(C(F)(F)F)c3)c2)c2c(C)nccn12. The van der Waals surface area contributed by atoms with E-state index in [4.69, 9.17) is 9.72 Å². The Morgan fingerprint density at radius 3 is 2.77 bits per heavy atom. The highest BCUT2D eigenvalue weighted by atomic mass is 19.4. The molecule has 0 unspecified atom stereocenters. The summed E-state index contributed by atoms with van der Waals surface area (Å²) in [4.78, 5) is 24.1. The molecule has 0 spiro atoms. The summed E-state index contributed by atoms with van der Waals surface area (Å²) in [6.45, 7) is 4.16. The number of nitrogens with zero attached hydrogens (tertiary/aromatic N) is 4. The fourth-order valence-electron chi connectivity index (χ4n) is 5.01. The van der Waals surface area contributed by atoms with Crippen LogP contribution < -0.4 is 4.74 Å². The predicted molar refractivity (Wildman–Crippen MR) is 141 cm³/mol. The fraction of sp³-hybridized carbons (Fsp3) is 0.300. The molecule has 39 heavy (non-hydrogen) atoms. The van der Waals surface area contributed by atoms with Crippen molar-refractivity contribution in [3.63, 3.8) is 0 Å². The molecule has 1 aliphatic rings. The molecule has 9 heteroatoms. The number of hydrogen-bond donors (Lipinski definition) is 0. The van der Waals surface area contributed by atoms with Crippen molar-refractivity contribution in [2.45, 2.75) is 51.9 Å². The van der Waals surface area contributed by atoms with Gasteiger partial charge in [0.05, 0.1) is 28.5 Å². The summed E-state index contributed by atoms with van der Waals surface area (Å²) in [6.07, 6.45) is 1.81. The van der Waals surface area contributed by atoms with Gasteiger partial charge in [-0.1, -0.05) is 30.2 Å². The van der Waals surface area contributed by atoms with Crippen LogP contribution >= 0.6 is 0 Å². The number of likely N-dealkylation sites (tertiary alicyclic amines) is 1. The van der Waals surface area contributed by atoms with Gasteiger partial charge in [-0.25, -0.2) is 4.98 Å². The Labute approximate surface area is 224 Å². The Hall–Kier alpha value is -4.32. The van der Waals surface area contributed by atoms with Gasteiger partial charge in [-0.15, -0.1) is 0 Å². The van der Waals surface area contributed by atoms with Gasteiger partial charge in [0.25, 0.3) is 5.91 Å². The fourth-order valence-corrected chi connectivity index (χ4v) is 5.01. The van der Waals surface area contributed by atoms with Crippen molar-refractivity contribution in [2.24, 2.45) is 0 Å². The number of aryl methyl sites for hydroxylation is 1. The number of hydrogen-bond acceptors (Lipinski definition) is 4. The van der Waals surface area contributed by atoms with Gasteiger partial charge in [0.2, 0.25) is 0 Å². The molecule has 1 fully saturated rings. The van der Waals surface area contributed by atoms with Crippen LogP contribution in [-0.4, -0.2) is 31.7 Å². The zero-order valence-electron chi connectivity index (χ0n) is 21.6. The molecule has 200 valence electrons. The third-order valence-corrected chi connectivity index (χ3v) is 6.83. The van der Waals surface area contributed by atoms with Gasteiger partial charge in [0.1, 0.15) is 18.2 Å². The monoisotopic (exact) mass is 532 g/mol. The Balaban J connectivity index is 1.49. The van der Waals surface area contributed by atoms with Crippen molar-refractivity contribution in [3.8, 4) is 28.8 Å². The third kappa shape index (κ3) is 5.46. The van der Waals surface area contributed by atoms with Crippen molar-refractivity contribution in [3.05, 3.63) is 83.6 Å². The minimum atomic E-state index is -4.41. The molecule has 0 radical (unpaired) electrons. The van der Waals surface area contributed by atoms with Crippen LogP contribution in [0.2, 0.25) is 0 Å². The van der Waals surface area contributed by atoms with E-state index >= 15 is 0 Å². The molecule has 0 saturated carbocycles. The van der Waals surface area contributed by atoms with Crippen molar-refractivity contribution in [1.82, 2.24) is 19.3 Å². The number of carbonyl (C=O) groups is 1. The van der Waals surface area contributed by atoms with E-state index < -0.39 is 11.7 Å². The van der Waals surface area contributed by atoms with Crippen LogP contribution in [0, 0.1) is 18.8 Å². The number of alkyl halides is 3. The normalized spacial score (nSPS) is 15.6. The number of carbonyl (C=O) groups excluding carboxylic acids is 1.